The van der Waals surface area contributed by atoms with Crippen molar-refractivity contribution in [2.45, 2.75) is 30.5 Å². The fourth-order valence-corrected chi connectivity index (χ4v) is 3.53. The van der Waals surface area contributed by atoms with Crippen LogP contribution in [-0.2, 0) is 5.75 Å². The van der Waals surface area contributed by atoms with E-state index in [0.29, 0.717) is 6.04 Å². The SMILES string of the molecule is CNC(C)c1csc(CSc2ccccc2C)n1. The lowest BCUT2D eigenvalue weighted by Crippen LogP contribution is -2.12. The van der Waals surface area contributed by atoms with Crippen LogP contribution in [0.5, 0.6) is 0 Å². The van der Waals surface area contributed by atoms with Crippen molar-refractivity contribution in [3.05, 3.63) is 45.9 Å². The van der Waals surface area contributed by atoms with Crippen LogP contribution in [0.1, 0.15) is 29.2 Å². The first-order valence-electron chi connectivity index (χ1n) is 6.00. The van der Waals surface area contributed by atoms with E-state index in [4.69, 9.17) is 0 Å². The van der Waals surface area contributed by atoms with E-state index in [0.717, 1.165) is 11.4 Å². The molecule has 0 aliphatic carbocycles. The van der Waals surface area contributed by atoms with E-state index in [1.54, 1.807) is 11.3 Å². The van der Waals surface area contributed by atoms with Gasteiger partial charge in [0, 0.05) is 16.3 Å². The van der Waals surface area contributed by atoms with Crippen molar-refractivity contribution in [1.82, 2.24) is 10.3 Å². The molecule has 0 bridgehead atoms. The first-order valence-corrected chi connectivity index (χ1v) is 7.87. The first-order chi connectivity index (χ1) is 8.70. The third kappa shape index (κ3) is 3.34. The number of rotatable bonds is 5. The Morgan fingerprint density at radius 2 is 2.17 bits per heavy atom. The lowest BCUT2D eigenvalue weighted by Gasteiger charge is -2.05. The van der Waals surface area contributed by atoms with Crippen molar-refractivity contribution >= 4 is 23.1 Å². The minimum atomic E-state index is 0.332. The van der Waals surface area contributed by atoms with E-state index in [-0.39, 0.29) is 0 Å². The molecule has 1 aromatic heterocycles. The van der Waals surface area contributed by atoms with Crippen LogP contribution < -0.4 is 5.32 Å². The second-order valence-corrected chi connectivity index (χ2v) is 6.19. The molecule has 0 radical (unpaired) electrons. The van der Waals surface area contributed by atoms with Gasteiger partial charge in [-0.1, -0.05) is 18.2 Å². The molecule has 0 fully saturated rings. The molecule has 2 rings (SSSR count). The van der Waals surface area contributed by atoms with Crippen LogP contribution in [0.25, 0.3) is 0 Å². The van der Waals surface area contributed by atoms with Crippen molar-refractivity contribution in [1.29, 1.82) is 0 Å². The average molecular weight is 278 g/mol. The molecule has 1 heterocycles. The molecule has 2 aromatic rings. The van der Waals surface area contributed by atoms with Crippen LogP contribution in [-0.4, -0.2) is 12.0 Å². The number of hydrogen-bond donors (Lipinski definition) is 1. The van der Waals surface area contributed by atoms with Crippen LogP contribution >= 0.6 is 23.1 Å². The molecule has 1 N–H and O–H groups in total. The Kier molecular flexibility index (Phi) is 4.80. The Hall–Kier alpha value is -0.840. The Bertz CT molecular complexity index is 508. The normalized spacial score (nSPS) is 12.6. The number of nitrogens with one attached hydrogen (secondary N) is 1. The fourth-order valence-electron chi connectivity index (χ4n) is 1.60. The lowest BCUT2D eigenvalue weighted by atomic mass is 10.2. The smallest absolute Gasteiger partial charge is 0.103 e. The molecule has 0 aliphatic rings. The van der Waals surface area contributed by atoms with Crippen LogP contribution in [0.3, 0.4) is 0 Å². The summed E-state index contributed by atoms with van der Waals surface area (Å²) in [6.45, 7) is 4.28. The van der Waals surface area contributed by atoms with E-state index in [2.05, 4.69) is 53.8 Å². The predicted molar refractivity (Wildman–Crippen MR) is 80.3 cm³/mol. The minimum Gasteiger partial charge on any atom is -0.312 e. The first kappa shape index (κ1) is 13.6. The quantitative estimate of drug-likeness (QED) is 0.836. The van der Waals surface area contributed by atoms with Gasteiger partial charge in [-0.3, -0.25) is 0 Å². The summed E-state index contributed by atoms with van der Waals surface area (Å²) in [5.74, 6) is 0.950. The van der Waals surface area contributed by atoms with Crippen LogP contribution in [0.15, 0.2) is 34.5 Å². The highest BCUT2D eigenvalue weighted by molar-refractivity contribution is 7.98. The highest BCUT2D eigenvalue weighted by Gasteiger charge is 2.08. The van der Waals surface area contributed by atoms with Crippen LogP contribution in [0, 0.1) is 6.92 Å². The van der Waals surface area contributed by atoms with Crippen LogP contribution in [0.4, 0.5) is 0 Å². The number of thioether (sulfide) groups is 1. The highest BCUT2D eigenvalue weighted by atomic mass is 32.2. The van der Waals surface area contributed by atoms with Gasteiger partial charge < -0.3 is 5.32 Å². The Morgan fingerprint density at radius 1 is 1.39 bits per heavy atom. The summed E-state index contributed by atoms with van der Waals surface area (Å²) in [5, 5.41) is 6.56. The van der Waals surface area contributed by atoms with Gasteiger partial charge in [0.15, 0.2) is 0 Å². The summed E-state index contributed by atoms with van der Waals surface area (Å²) < 4.78 is 0. The fraction of sp³-hybridized carbons (Fsp3) is 0.357. The summed E-state index contributed by atoms with van der Waals surface area (Å²) in [6.07, 6.45) is 0. The topological polar surface area (TPSA) is 24.9 Å². The molecule has 1 aromatic carbocycles. The van der Waals surface area contributed by atoms with Gasteiger partial charge in [-0.25, -0.2) is 4.98 Å². The van der Waals surface area contributed by atoms with Gasteiger partial charge in [0.2, 0.25) is 0 Å². The monoisotopic (exact) mass is 278 g/mol. The van der Waals surface area contributed by atoms with Gasteiger partial charge in [0.25, 0.3) is 0 Å². The number of nitrogens with zero attached hydrogens (tertiary/aromatic N) is 1. The predicted octanol–water partition coefficient (Wildman–Crippen LogP) is 4.02. The molecule has 18 heavy (non-hydrogen) atoms. The summed E-state index contributed by atoms with van der Waals surface area (Å²) in [4.78, 5) is 6.00. The van der Waals surface area contributed by atoms with Crippen LogP contribution in [0.2, 0.25) is 0 Å². The largest absolute Gasteiger partial charge is 0.312 e. The summed E-state index contributed by atoms with van der Waals surface area (Å²) in [7, 11) is 1.96. The van der Waals surface area contributed by atoms with E-state index in [1.807, 2.05) is 18.8 Å². The molecule has 0 saturated heterocycles. The summed E-state index contributed by atoms with van der Waals surface area (Å²) >= 11 is 3.61. The van der Waals surface area contributed by atoms with E-state index < -0.39 is 0 Å². The number of hydrogen-bond acceptors (Lipinski definition) is 4. The molecule has 1 unspecified atom stereocenters. The number of aromatic nitrogens is 1. The summed E-state index contributed by atoms with van der Waals surface area (Å²) in [5.41, 5.74) is 2.48. The molecule has 0 saturated carbocycles. The molecule has 0 aliphatic heterocycles. The number of benzene rings is 1. The second-order valence-electron chi connectivity index (χ2n) is 4.23. The summed E-state index contributed by atoms with van der Waals surface area (Å²) in [6, 6.07) is 8.82. The van der Waals surface area contributed by atoms with Gasteiger partial charge in [0.05, 0.1) is 11.4 Å². The van der Waals surface area contributed by atoms with Crippen molar-refractivity contribution < 1.29 is 0 Å². The van der Waals surface area contributed by atoms with Gasteiger partial charge in [-0.2, -0.15) is 0 Å². The van der Waals surface area contributed by atoms with Gasteiger partial charge in [0.1, 0.15) is 5.01 Å². The van der Waals surface area contributed by atoms with Gasteiger partial charge >= 0.3 is 0 Å². The third-order valence-corrected chi connectivity index (χ3v) is 5.13. The van der Waals surface area contributed by atoms with Gasteiger partial charge in [-0.05, 0) is 32.5 Å². The zero-order chi connectivity index (χ0) is 13.0. The Balaban J connectivity index is 1.98. The maximum atomic E-state index is 4.66. The Labute approximate surface area is 117 Å². The molecule has 4 heteroatoms. The average Bonchev–Trinajstić information content (AvgIpc) is 2.86. The molecule has 96 valence electrons. The molecule has 0 spiro atoms. The van der Waals surface area contributed by atoms with Crippen molar-refractivity contribution in [3.8, 4) is 0 Å². The zero-order valence-corrected chi connectivity index (χ0v) is 12.6. The van der Waals surface area contributed by atoms with Crippen molar-refractivity contribution in [3.63, 3.8) is 0 Å². The van der Waals surface area contributed by atoms with E-state index in [1.165, 1.54) is 15.5 Å². The number of thiazole rings is 1. The maximum absolute atomic E-state index is 4.66. The van der Waals surface area contributed by atoms with Crippen molar-refractivity contribution in [2.75, 3.05) is 7.05 Å². The van der Waals surface area contributed by atoms with Crippen molar-refractivity contribution in [2.24, 2.45) is 0 Å². The molecule has 0 amide bonds. The molecule has 1 atom stereocenters. The molecular weight excluding hydrogens is 260 g/mol. The maximum Gasteiger partial charge on any atom is 0.103 e. The second kappa shape index (κ2) is 6.36. The highest BCUT2D eigenvalue weighted by Crippen LogP contribution is 2.27. The Morgan fingerprint density at radius 3 is 2.89 bits per heavy atom. The number of aryl methyl sites for hydroxylation is 1. The third-order valence-electron chi connectivity index (χ3n) is 2.89. The minimum absolute atomic E-state index is 0.332. The van der Waals surface area contributed by atoms with Gasteiger partial charge in [-0.15, -0.1) is 23.1 Å². The molecular formula is C14H18N2S2. The zero-order valence-electron chi connectivity index (χ0n) is 10.9. The standard InChI is InChI=1S/C14H18N2S2/c1-10-6-4-5-7-13(10)17-9-14-16-12(8-18-14)11(2)15-3/h4-8,11,15H,9H2,1-3H3. The lowest BCUT2D eigenvalue weighted by molar-refractivity contribution is 0.635. The van der Waals surface area contributed by atoms with E-state index in [9.17, 15) is 0 Å². The molecule has 2 nitrogen and oxygen atoms in total. The van der Waals surface area contributed by atoms with E-state index >= 15 is 0 Å².